The number of hydrogen-bond donors (Lipinski definition) is 4. The number of aromatic amines is 1. The van der Waals surface area contributed by atoms with Crippen molar-refractivity contribution in [2.24, 2.45) is 5.92 Å². The van der Waals surface area contributed by atoms with Crippen molar-refractivity contribution in [2.45, 2.75) is 30.4 Å². The third kappa shape index (κ3) is 3.17. The topological polar surface area (TPSA) is 136 Å². The first-order valence-corrected chi connectivity index (χ1v) is 14.5. The van der Waals surface area contributed by atoms with Crippen LogP contribution in [0.5, 0.6) is 5.75 Å². The van der Waals surface area contributed by atoms with Crippen LogP contribution in [-0.2, 0) is 17.6 Å². The van der Waals surface area contributed by atoms with Gasteiger partial charge in [-0.15, -0.1) is 11.3 Å². The molecule has 1 amide bonds. The number of amides is 1. The van der Waals surface area contributed by atoms with Crippen LogP contribution in [0.2, 0.25) is 0 Å². The molecule has 0 radical (unpaired) electrons. The van der Waals surface area contributed by atoms with E-state index in [4.69, 9.17) is 4.74 Å². The second-order valence-electron chi connectivity index (χ2n) is 9.98. The molecule has 2 fully saturated rings. The Bertz CT molecular complexity index is 1530. The number of carbonyl (C=O) groups is 1. The molecule has 0 unspecified atom stereocenters. The number of aromatic nitrogens is 4. The van der Waals surface area contributed by atoms with Gasteiger partial charge in [-0.25, -0.2) is 9.97 Å². The molecular weight excluding hydrogens is 500 g/mol. The first kappa shape index (κ1) is 22.3. The molecule has 3 aromatic heterocycles. The summed E-state index contributed by atoms with van der Waals surface area (Å²) in [6, 6.07) is 3.89. The maximum Gasteiger partial charge on any atom is 0.226 e. The van der Waals surface area contributed by atoms with Gasteiger partial charge >= 0.3 is 0 Å². The molecule has 0 saturated carbocycles. The first-order chi connectivity index (χ1) is 17.4. The molecule has 2 saturated heterocycles. The monoisotopic (exact) mass is 526 g/mol. The van der Waals surface area contributed by atoms with E-state index in [2.05, 4.69) is 25.5 Å². The number of likely N-dealkylation sites (tertiary alicyclic amines) is 1. The van der Waals surface area contributed by atoms with Crippen LogP contribution in [0.25, 0.3) is 21.1 Å². The van der Waals surface area contributed by atoms with E-state index in [0.29, 0.717) is 31.0 Å². The van der Waals surface area contributed by atoms with Crippen molar-refractivity contribution in [1.82, 2.24) is 25.1 Å². The van der Waals surface area contributed by atoms with E-state index in [1.807, 2.05) is 17.0 Å². The summed E-state index contributed by atoms with van der Waals surface area (Å²) < 4.78 is 25.5. The zero-order valence-corrected chi connectivity index (χ0v) is 21.3. The van der Waals surface area contributed by atoms with Crippen LogP contribution in [0.3, 0.4) is 0 Å². The molecule has 3 aliphatic rings. The smallest absolute Gasteiger partial charge is 0.226 e. The van der Waals surface area contributed by atoms with Gasteiger partial charge < -0.3 is 15.0 Å². The van der Waals surface area contributed by atoms with Gasteiger partial charge in [0, 0.05) is 41.1 Å². The zero-order chi connectivity index (χ0) is 24.7. The fraction of sp³-hybridized carbons (Fsp3) is 0.417. The number of nitrogens with zero attached hydrogens (tertiary/aromatic N) is 4. The summed E-state index contributed by atoms with van der Waals surface area (Å²) >= 11 is 1.63. The van der Waals surface area contributed by atoms with Crippen LogP contribution in [0.4, 0.5) is 11.5 Å². The number of H-pyrrole nitrogens is 1. The number of benzene rings is 1. The largest absolute Gasteiger partial charge is 0.494 e. The Morgan fingerprint density at radius 3 is 2.94 bits per heavy atom. The number of ether oxygens (including phenoxy) is 1. The first-order valence-electron chi connectivity index (χ1n) is 12.0. The van der Waals surface area contributed by atoms with E-state index in [0.717, 1.165) is 51.9 Å². The number of fused-ring (bicyclic) bond motifs is 4. The average Bonchev–Trinajstić information content (AvgIpc) is 3.45. The second-order valence-corrected chi connectivity index (χ2v) is 13.7. The molecule has 1 aliphatic carbocycles. The Kier molecular flexibility index (Phi) is 4.82. The van der Waals surface area contributed by atoms with E-state index < -0.39 is 15.3 Å². The van der Waals surface area contributed by atoms with Crippen LogP contribution in [-0.4, -0.2) is 70.8 Å². The van der Waals surface area contributed by atoms with Crippen molar-refractivity contribution < 1.29 is 18.6 Å². The Morgan fingerprint density at radius 2 is 2.19 bits per heavy atom. The molecule has 4 N–H and O–H groups in total. The van der Waals surface area contributed by atoms with Gasteiger partial charge in [0.2, 0.25) is 5.91 Å². The predicted molar refractivity (Wildman–Crippen MR) is 141 cm³/mol. The van der Waals surface area contributed by atoms with Crippen molar-refractivity contribution in [3.63, 3.8) is 0 Å². The summed E-state index contributed by atoms with van der Waals surface area (Å²) in [5.41, 5.74) is 2.90. The fourth-order valence-corrected chi connectivity index (χ4v) is 8.92. The lowest BCUT2D eigenvalue weighted by Gasteiger charge is -2.67. The van der Waals surface area contributed by atoms with Crippen molar-refractivity contribution in [3.05, 3.63) is 35.1 Å². The quantitative estimate of drug-likeness (QED) is 0.311. The molecule has 1 aromatic carbocycles. The highest BCUT2D eigenvalue weighted by Crippen LogP contribution is 2.67. The van der Waals surface area contributed by atoms with Gasteiger partial charge in [-0.05, 0) is 37.3 Å². The molecule has 10 nitrogen and oxygen atoms in total. The molecule has 1 atom stereocenters. The maximum absolute atomic E-state index is 13.2. The van der Waals surface area contributed by atoms with Gasteiger partial charge in [-0.2, -0.15) is 15.7 Å². The third-order valence-corrected chi connectivity index (χ3v) is 11.8. The molecular formula is C24H26N6O4S2. The third-order valence-electron chi connectivity index (χ3n) is 8.01. The molecule has 7 rings (SSSR count). The number of hydrogen-bond acceptors (Lipinski definition) is 9. The minimum Gasteiger partial charge on any atom is -0.494 e. The average molecular weight is 527 g/mol. The number of rotatable bonds is 4. The van der Waals surface area contributed by atoms with E-state index in [1.165, 1.54) is 10.4 Å². The summed E-state index contributed by atoms with van der Waals surface area (Å²) in [4.78, 5) is 26.2. The van der Waals surface area contributed by atoms with Gasteiger partial charge in [0.25, 0.3) is 0 Å². The van der Waals surface area contributed by atoms with Crippen molar-refractivity contribution in [1.29, 1.82) is 0 Å². The van der Waals surface area contributed by atoms with E-state index in [-0.39, 0.29) is 11.8 Å². The molecule has 5 heterocycles. The fourth-order valence-electron chi connectivity index (χ4n) is 5.78. The predicted octanol–water partition coefficient (Wildman–Crippen LogP) is 4.16. The standard InChI is InChI=1S/C24H26N6O4S2/c1-34-18-8-16-14(9-27-29-16)6-17(18)28-21-20-15-3-2-13(7-19(15)35-22(20)26-12-25-21)23(31)30-10-24(11-30)4-5-36(24,32)33/h6,8-9,12-13,32-33H,2-5,7,10-11H2,1H3,(H,27,29)(H,25,26,28)/t13-/m0/s1. The Labute approximate surface area is 212 Å². The molecule has 12 heteroatoms. The number of nitrogens with one attached hydrogen (secondary N) is 2. The number of carbonyl (C=O) groups excluding carboxylic acids is 1. The minimum absolute atomic E-state index is 0.0854. The van der Waals surface area contributed by atoms with E-state index in [1.54, 1.807) is 31.0 Å². The highest BCUT2D eigenvalue weighted by molar-refractivity contribution is 8.26. The lowest BCUT2D eigenvalue weighted by atomic mass is 9.85. The molecule has 188 valence electrons. The molecule has 2 aliphatic heterocycles. The van der Waals surface area contributed by atoms with Crippen LogP contribution < -0.4 is 10.1 Å². The Balaban J connectivity index is 1.15. The van der Waals surface area contributed by atoms with Gasteiger partial charge in [0.05, 0.1) is 34.6 Å². The van der Waals surface area contributed by atoms with Gasteiger partial charge in [0.1, 0.15) is 22.7 Å². The highest BCUT2D eigenvalue weighted by atomic mass is 32.3. The lowest BCUT2D eigenvalue weighted by Crippen LogP contribution is -2.71. The maximum atomic E-state index is 13.2. The summed E-state index contributed by atoms with van der Waals surface area (Å²) in [7, 11) is -0.887. The van der Waals surface area contributed by atoms with Gasteiger partial charge in [0.15, 0.2) is 0 Å². The van der Waals surface area contributed by atoms with E-state index >= 15 is 0 Å². The van der Waals surface area contributed by atoms with Crippen LogP contribution in [0, 0.1) is 5.92 Å². The van der Waals surface area contributed by atoms with Crippen LogP contribution >= 0.6 is 21.9 Å². The second kappa shape index (κ2) is 7.78. The summed E-state index contributed by atoms with van der Waals surface area (Å²) in [6.45, 7) is 0.957. The molecule has 4 aromatic rings. The summed E-state index contributed by atoms with van der Waals surface area (Å²) in [5.74, 6) is 1.93. The van der Waals surface area contributed by atoms with Crippen molar-refractivity contribution in [3.8, 4) is 5.75 Å². The summed E-state index contributed by atoms with van der Waals surface area (Å²) in [6.07, 6.45) is 6.35. The molecule has 0 bridgehead atoms. The van der Waals surface area contributed by atoms with Crippen LogP contribution in [0.15, 0.2) is 24.7 Å². The lowest BCUT2D eigenvalue weighted by molar-refractivity contribution is -0.141. The summed E-state index contributed by atoms with van der Waals surface area (Å²) in [5, 5.41) is 12.5. The van der Waals surface area contributed by atoms with Crippen molar-refractivity contribution in [2.75, 3.05) is 31.3 Å². The SMILES string of the molecule is COc1cc2[nH]ncc2cc1Nc1ncnc2sc3c(c12)CC[C@H](C(=O)N1CC2(CCS2(O)O)C1)C3. The van der Waals surface area contributed by atoms with Gasteiger partial charge in [-0.1, -0.05) is 0 Å². The number of methoxy groups -OCH3 is 1. The van der Waals surface area contributed by atoms with E-state index in [9.17, 15) is 13.9 Å². The highest BCUT2D eigenvalue weighted by Gasteiger charge is 2.60. The minimum atomic E-state index is -2.52. The Morgan fingerprint density at radius 1 is 1.33 bits per heavy atom. The number of thiophene rings is 1. The Hall–Kier alpha value is -2.93. The molecule has 36 heavy (non-hydrogen) atoms. The number of anilines is 2. The van der Waals surface area contributed by atoms with Crippen molar-refractivity contribution >= 4 is 60.5 Å². The zero-order valence-electron chi connectivity index (χ0n) is 19.7. The van der Waals surface area contributed by atoms with Crippen LogP contribution in [0.1, 0.15) is 23.3 Å². The van der Waals surface area contributed by atoms with Gasteiger partial charge in [-0.3, -0.25) is 19.0 Å². The normalized spacial score (nSPS) is 22.6. The molecule has 1 spiro atoms. The number of aryl methyl sites for hydroxylation is 1.